The second kappa shape index (κ2) is 20.8. The molecule has 0 amide bonds. The summed E-state index contributed by atoms with van der Waals surface area (Å²) in [7, 11) is 0. The first kappa shape index (κ1) is 45.4. The number of alkyl halides is 3. The van der Waals surface area contributed by atoms with Gasteiger partial charge in [-0.05, 0) is 93.4 Å². The molecule has 13 nitrogen and oxygen atoms in total. The number of carboxylic acid groups (broad SMARTS) is 2. The first-order valence-corrected chi connectivity index (χ1v) is 17.7. The quantitative estimate of drug-likeness (QED) is 0.0917. The Labute approximate surface area is 337 Å². The van der Waals surface area contributed by atoms with E-state index < -0.39 is 54.1 Å². The molecule has 0 fully saturated rings. The van der Waals surface area contributed by atoms with Crippen LogP contribution in [0.5, 0.6) is 11.5 Å². The Morgan fingerprint density at radius 2 is 1.64 bits per heavy atom. The van der Waals surface area contributed by atoms with Crippen LogP contribution in [0, 0.1) is 19.7 Å². The van der Waals surface area contributed by atoms with Gasteiger partial charge in [0.05, 0.1) is 11.6 Å². The fourth-order valence-electron chi connectivity index (χ4n) is 4.62. The molecular formula is C36H33Cl4F3N4O9. The van der Waals surface area contributed by atoms with Crippen LogP contribution < -0.4 is 15.2 Å². The van der Waals surface area contributed by atoms with Gasteiger partial charge in [-0.2, -0.15) is 13.5 Å². The second-order valence-corrected chi connectivity index (χ2v) is 13.1. The molecule has 0 aliphatic heterocycles. The van der Waals surface area contributed by atoms with E-state index >= 15 is 0 Å². The third-order valence-electron chi connectivity index (χ3n) is 7.28. The van der Waals surface area contributed by atoms with Crippen molar-refractivity contribution in [3.8, 4) is 17.2 Å². The Morgan fingerprint density at radius 1 is 0.964 bits per heavy atom. The Morgan fingerprint density at radius 3 is 2.23 bits per heavy atom. The molecule has 0 saturated heterocycles. The number of pyridine rings is 1. The maximum Gasteiger partial charge on any atom is 0.355 e. The van der Waals surface area contributed by atoms with E-state index in [0.29, 0.717) is 31.7 Å². The molecule has 0 aliphatic rings. The minimum atomic E-state index is -3.12. The molecule has 0 saturated carbocycles. The molecule has 5 aromatic rings. The van der Waals surface area contributed by atoms with Crippen LogP contribution in [-0.4, -0.2) is 72.1 Å². The van der Waals surface area contributed by atoms with E-state index in [-0.39, 0.29) is 39.7 Å². The van der Waals surface area contributed by atoms with Crippen LogP contribution in [0.25, 0.3) is 16.6 Å². The highest BCUT2D eigenvalue weighted by Gasteiger charge is 2.24. The molecule has 5 rings (SSSR count). The summed E-state index contributed by atoms with van der Waals surface area (Å²) in [5.74, 6) is -2.97. The van der Waals surface area contributed by atoms with E-state index in [2.05, 4.69) is 10.1 Å². The van der Waals surface area contributed by atoms with Crippen molar-refractivity contribution in [2.24, 2.45) is 0 Å². The number of rotatable bonds is 12. The van der Waals surface area contributed by atoms with E-state index in [0.717, 1.165) is 23.1 Å². The normalized spacial score (nSPS) is 11.8. The zero-order chi connectivity index (χ0) is 41.9. The highest BCUT2D eigenvalue weighted by molar-refractivity contribution is 6.35. The molecule has 56 heavy (non-hydrogen) atoms. The van der Waals surface area contributed by atoms with Gasteiger partial charge in [0.25, 0.3) is 0 Å². The summed E-state index contributed by atoms with van der Waals surface area (Å²) >= 11 is 23.6. The smallest absolute Gasteiger partial charge is 0.355 e. The zero-order valence-corrected chi connectivity index (χ0v) is 32.8. The highest BCUT2D eigenvalue weighted by atomic mass is 35.5. The Hall–Kier alpha value is -5.03. The predicted molar refractivity (Wildman–Crippen MR) is 203 cm³/mol. The summed E-state index contributed by atoms with van der Waals surface area (Å²) in [5.41, 5.74) is 0.0243. The van der Waals surface area contributed by atoms with Crippen LogP contribution in [0.15, 0.2) is 65.6 Å². The number of fused-ring (bicyclic) bond motifs is 1. The maximum absolute atomic E-state index is 14.2. The fraction of sp³-hybridized carbons (Fsp3) is 0.278. The van der Waals surface area contributed by atoms with Gasteiger partial charge >= 0.3 is 30.1 Å². The van der Waals surface area contributed by atoms with Crippen molar-refractivity contribution >= 4 is 75.2 Å². The van der Waals surface area contributed by atoms with Crippen molar-refractivity contribution in [1.82, 2.24) is 19.3 Å². The summed E-state index contributed by atoms with van der Waals surface area (Å²) in [6.45, 7) is 2.71. The fourth-order valence-corrected chi connectivity index (χ4v) is 5.52. The van der Waals surface area contributed by atoms with Crippen molar-refractivity contribution in [2.45, 2.75) is 52.1 Å². The van der Waals surface area contributed by atoms with Gasteiger partial charge in [0.1, 0.15) is 33.9 Å². The predicted octanol–water partition coefficient (Wildman–Crippen LogP) is 8.09. The topological polar surface area (TPSA) is 172 Å². The molecule has 2 unspecified atom stereocenters. The molecule has 2 aromatic heterocycles. The number of carboxylic acids is 2. The van der Waals surface area contributed by atoms with Gasteiger partial charge < -0.3 is 24.4 Å². The van der Waals surface area contributed by atoms with Crippen LogP contribution in [0.2, 0.25) is 15.1 Å². The maximum atomic E-state index is 14.2. The monoisotopic (exact) mass is 862 g/mol. The van der Waals surface area contributed by atoms with Crippen LogP contribution in [0.1, 0.15) is 37.3 Å². The molecule has 2 heterocycles. The number of esters is 1. The van der Waals surface area contributed by atoms with Crippen molar-refractivity contribution < 1.29 is 52.0 Å². The summed E-state index contributed by atoms with van der Waals surface area (Å²) < 4.78 is 55.8. The molecule has 0 spiro atoms. The standard InChI is InChI=1S/C15H14Cl2F3N3O3.C11H8ClNO3.C10H11ClO3/c1-3-26-13(24)10(17)4-8-5-12(11(18)6-9(8)16)23-15(25)22(14(19)20)7(2)21-23;12-8-3-4-9(16-6-10(14)15)11-7(8)2-1-5-13-11;1-6-5-8(11)3-4-9(6)14-7(2)10(12)13/h5-6,10,14H,3-4H2,1-2H3;1-5H,6H2,(H,14,15);3-5,7H,1-2H3,(H,12,13). The second-order valence-electron chi connectivity index (χ2n) is 11.3. The van der Waals surface area contributed by atoms with Crippen molar-refractivity contribution in [3.63, 3.8) is 0 Å². The number of aliphatic carboxylic acids is 2. The van der Waals surface area contributed by atoms with Crippen LogP contribution >= 0.6 is 46.4 Å². The van der Waals surface area contributed by atoms with Crippen molar-refractivity contribution in [1.29, 1.82) is 0 Å². The number of hydrogen-bond acceptors (Lipinski definition) is 9. The number of carbonyl (C=O) groups excluding carboxylic acids is 1. The molecule has 0 radical (unpaired) electrons. The first-order valence-electron chi connectivity index (χ1n) is 16.1. The van der Waals surface area contributed by atoms with E-state index in [1.54, 1.807) is 55.6 Å². The van der Waals surface area contributed by atoms with E-state index in [1.165, 1.54) is 13.8 Å². The number of carbonyl (C=O) groups is 3. The van der Waals surface area contributed by atoms with Crippen LogP contribution in [0.3, 0.4) is 0 Å². The molecule has 2 atom stereocenters. The molecule has 2 N–H and O–H groups in total. The van der Waals surface area contributed by atoms with Gasteiger partial charge in [-0.1, -0.05) is 34.8 Å². The van der Waals surface area contributed by atoms with Gasteiger partial charge in [0, 0.05) is 28.0 Å². The lowest BCUT2D eigenvalue weighted by atomic mass is 10.1. The van der Waals surface area contributed by atoms with Gasteiger partial charge in [-0.3, -0.25) is 9.78 Å². The molecule has 3 aromatic carbocycles. The van der Waals surface area contributed by atoms with Crippen LogP contribution in [0.4, 0.5) is 13.2 Å². The highest BCUT2D eigenvalue weighted by Crippen LogP contribution is 2.30. The van der Waals surface area contributed by atoms with E-state index in [4.69, 9.17) is 70.8 Å². The average molecular weight is 864 g/mol. The zero-order valence-electron chi connectivity index (χ0n) is 29.8. The lowest BCUT2D eigenvalue weighted by molar-refractivity contribution is -0.144. The number of nitrogens with zero attached hydrogens (tertiary/aromatic N) is 4. The van der Waals surface area contributed by atoms with Gasteiger partial charge in [-0.15, -0.1) is 16.7 Å². The third-order valence-corrected chi connectivity index (χ3v) is 8.53. The van der Waals surface area contributed by atoms with Crippen molar-refractivity contribution in [3.05, 3.63) is 109 Å². The first-order chi connectivity index (χ1) is 26.4. The van der Waals surface area contributed by atoms with Crippen LogP contribution in [-0.2, 0) is 25.5 Å². The summed E-state index contributed by atoms with van der Waals surface area (Å²) in [6, 6.07) is 13.9. The summed E-state index contributed by atoms with van der Waals surface area (Å²) in [4.78, 5) is 48.8. The number of hydrogen-bond donors (Lipinski definition) is 2. The molecule has 20 heteroatoms. The van der Waals surface area contributed by atoms with E-state index in [9.17, 15) is 32.3 Å². The summed E-state index contributed by atoms with van der Waals surface area (Å²) in [6.07, 6.45) is 0.636. The molecule has 300 valence electrons. The van der Waals surface area contributed by atoms with Gasteiger partial charge in [0.2, 0.25) is 0 Å². The van der Waals surface area contributed by atoms with E-state index in [1.807, 2.05) is 6.92 Å². The Balaban J connectivity index is 0.000000240. The minimum Gasteiger partial charge on any atom is -0.480 e. The Kier molecular flexibility index (Phi) is 16.8. The minimum absolute atomic E-state index is 0.0424. The van der Waals surface area contributed by atoms with Gasteiger partial charge in [-0.25, -0.2) is 23.3 Å². The number of aryl methyl sites for hydroxylation is 2. The number of benzene rings is 3. The molecule has 0 bridgehead atoms. The lowest BCUT2D eigenvalue weighted by Crippen LogP contribution is -2.25. The number of aromatic nitrogens is 4. The Bertz CT molecular complexity index is 2260. The molecular weight excluding hydrogens is 831 g/mol. The van der Waals surface area contributed by atoms with Gasteiger partial charge in [0.15, 0.2) is 18.5 Å². The summed E-state index contributed by atoms with van der Waals surface area (Å²) in [5, 5.41) is 21.6. The van der Waals surface area contributed by atoms with Crippen molar-refractivity contribution in [2.75, 3.05) is 13.2 Å². The lowest BCUT2D eigenvalue weighted by Gasteiger charge is -2.12. The average Bonchev–Trinajstić information content (AvgIpc) is 3.43. The SMILES string of the molecule is CCOC(=O)C(Cl)Cc1cc(-n2nc(C)n(C(F)F)c2=O)c(F)cc1Cl.Cc1cc(Cl)ccc1OC(C)C(=O)O.O=C(O)COc1ccc(Cl)c2cccnc12. The molecule has 0 aliphatic carbocycles. The third kappa shape index (κ3) is 12.2. The number of ether oxygens (including phenoxy) is 3. The largest absolute Gasteiger partial charge is 0.480 e. The number of halogens is 7.